The van der Waals surface area contributed by atoms with Gasteiger partial charge in [0.05, 0.1) is 5.92 Å². The monoisotopic (exact) mass is 327 g/mol. The van der Waals surface area contributed by atoms with Crippen molar-refractivity contribution in [2.75, 3.05) is 5.32 Å². The number of hydrogen-bond donors (Lipinski definition) is 3. The smallest absolute Gasteiger partial charge is 0.235 e. The summed E-state index contributed by atoms with van der Waals surface area (Å²) in [5.74, 6) is -0.949. The number of carbonyl (C=O) groups excluding carboxylic acids is 1. The second-order valence-electron chi connectivity index (χ2n) is 4.37. The highest BCUT2D eigenvalue weighted by Crippen LogP contribution is 2.20. The molecule has 6 heteroatoms. The first-order valence-electron chi connectivity index (χ1n) is 6.03. The normalized spacial score (nSPS) is 13.1. The van der Waals surface area contributed by atoms with Gasteiger partial charge in [-0.3, -0.25) is 4.79 Å². The molecule has 0 aliphatic carbocycles. The first-order chi connectivity index (χ1) is 8.97. The number of rotatable bonds is 5. The van der Waals surface area contributed by atoms with E-state index < -0.39 is 5.92 Å². The molecule has 0 aliphatic rings. The molecule has 1 aromatic rings. The molecule has 0 bridgehead atoms. The number of halogens is 1. The Morgan fingerprint density at radius 2 is 2.21 bits per heavy atom. The number of nitrogens with two attached hydrogens (primary N) is 1. The van der Waals surface area contributed by atoms with E-state index in [9.17, 15) is 4.79 Å². The van der Waals surface area contributed by atoms with Gasteiger partial charge < -0.3 is 16.3 Å². The molecule has 1 unspecified atom stereocenters. The van der Waals surface area contributed by atoms with Crippen LogP contribution < -0.4 is 11.1 Å². The molecule has 1 amide bonds. The molecule has 104 valence electrons. The minimum atomic E-state index is -0.616. The maximum Gasteiger partial charge on any atom is 0.235 e. The molecular formula is C13H18BrN3O2. The molecular weight excluding hydrogens is 310 g/mol. The molecule has 0 heterocycles. The third-order valence-electron chi connectivity index (χ3n) is 2.68. The molecule has 1 atom stereocenters. The zero-order chi connectivity index (χ0) is 14.4. The van der Waals surface area contributed by atoms with Gasteiger partial charge in [-0.25, -0.2) is 0 Å². The van der Waals surface area contributed by atoms with Gasteiger partial charge in [0.25, 0.3) is 0 Å². The number of aryl methyl sites for hydroxylation is 1. The fraction of sp³-hybridized carbons (Fsp3) is 0.385. The third kappa shape index (κ3) is 4.55. The Morgan fingerprint density at radius 1 is 1.53 bits per heavy atom. The second-order valence-corrected chi connectivity index (χ2v) is 5.29. The molecule has 0 saturated carbocycles. The van der Waals surface area contributed by atoms with Crippen LogP contribution >= 0.6 is 15.9 Å². The van der Waals surface area contributed by atoms with E-state index in [-0.39, 0.29) is 11.7 Å². The van der Waals surface area contributed by atoms with Crippen LogP contribution in [-0.4, -0.2) is 17.0 Å². The summed E-state index contributed by atoms with van der Waals surface area (Å²) in [4.78, 5) is 12.1. The van der Waals surface area contributed by atoms with Crippen LogP contribution in [0, 0.1) is 12.8 Å². The standard InChI is InChI=1S/C13H18BrN3O2/c1-3-4-11(12(15)17-19)13(18)16-10-6-8(2)5-9(14)7-10/h5-7,11,19H,3-4H2,1-2H3,(H2,15,17)(H,16,18). The second kappa shape index (κ2) is 7.13. The van der Waals surface area contributed by atoms with Gasteiger partial charge in [0.2, 0.25) is 5.91 Å². The van der Waals surface area contributed by atoms with Crippen LogP contribution in [-0.2, 0) is 4.79 Å². The van der Waals surface area contributed by atoms with E-state index in [2.05, 4.69) is 26.4 Å². The molecule has 0 spiro atoms. The number of nitrogens with one attached hydrogen (secondary N) is 1. The van der Waals surface area contributed by atoms with Crippen molar-refractivity contribution in [3.05, 3.63) is 28.2 Å². The van der Waals surface area contributed by atoms with Crippen molar-refractivity contribution in [3.8, 4) is 0 Å². The molecule has 0 aromatic heterocycles. The number of amides is 1. The molecule has 0 radical (unpaired) electrons. The average Bonchev–Trinajstić information content (AvgIpc) is 2.33. The van der Waals surface area contributed by atoms with E-state index in [4.69, 9.17) is 10.9 Å². The van der Waals surface area contributed by atoms with Crippen molar-refractivity contribution >= 4 is 33.4 Å². The zero-order valence-corrected chi connectivity index (χ0v) is 12.6. The minimum Gasteiger partial charge on any atom is -0.409 e. The highest BCUT2D eigenvalue weighted by molar-refractivity contribution is 9.10. The Balaban J connectivity index is 2.87. The Labute approximate surface area is 121 Å². The summed E-state index contributed by atoms with van der Waals surface area (Å²) < 4.78 is 0.888. The minimum absolute atomic E-state index is 0.0638. The van der Waals surface area contributed by atoms with Crippen molar-refractivity contribution in [2.24, 2.45) is 16.8 Å². The van der Waals surface area contributed by atoms with Crippen molar-refractivity contribution < 1.29 is 10.0 Å². The van der Waals surface area contributed by atoms with Crippen molar-refractivity contribution in [2.45, 2.75) is 26.7 Å². The molecule has 1 rings (SSSR count). The predicted molar refractivity (Wildman–Crippen MR) is 79.3 cm³/mol. The summed E-state index contributed by atoms with van der Waals surface area (Å²) in [5.41, 5.74) is 7.26. The van der Waals surface area contributed by atoms with Gasteiger partial charge in [-0.05, 0) is 37.1 Å². The molecule has 0 fully saturated rings. The number of anilines is 1. The quantitative estimate of drug-likeness (QED) is 0.336. The van der Waals surface area contributed by atoms with E-state index in [1.165, 1.54) is 0 Å². The topological polar surface area (TPSA) is 87.7 Å². The summed E-state index contributed by atoms with van der Waals surface area (Å²) in [6.07, 6.45) is 1.31. The number of amidine groups is 1. The summed E-state index contributed by atoms with van der Waals surface area (Å²) in [6.45, 7) is 3.88. The lowest BCUT2D eigenvalue weighted by Gasteiger charge is -2.15. The summed E-state index contributed by atoms with van der Waals surface area (Å²) >= 11 is 3.37. The summed E-state index contributed by atoms with van der Waals surface area (Å²) in [7, 11) is 0. The highest BCUT2D eigenvalue weighted by Gasteiger charge is 2.22. The van der Waals surface area contributed by atoms with Gasteiger partial charge >= 0.3 is 0 Å². The van der Waals surface area contributed by atoms with Gasteiger partial charge in [-0.15, -0.1) is 0 Å². The van der Waals surface area contributed by atoms with Crippen molar-refractivity contribution in [1.29, 1.82) is 0 Å². The third-order valence-corrected chi connectivity index (χ3v) is 3.13. The largest absolute Gasteiger partial charge is 0.409 e. The molecule has 19 heavy (non-hydrogen) atoms. The number of oxime groups is 1. The van der Waals surface area contributed by atoms with E-state index in [1.807, 2.05) is 26.0 Å². The van der Waals surface area contributed by atoms with Crippen LogP contribution in [0.1, 0.15) is 25.3 Å². The van der Waals surface area contributed by atoms with Gasteiger partial charge in [-0.1, -0.05) is 34.4 Å². The molecule has 0 aliphatic heterocycles. The van der Waals surface area contributed by atoms with E-state index in [0.717, 1.165) is 16.5 Å². The van der Waals surface area contributed by atoms with E-state index >= 15 is 0 Å². The van der Waals surface area contributed by atoms with Crippen LogP contribution in [0.25, 0.3) is 0 Å². The lowest BCUT2D eigenvalue weighted by atomic mass is 10.0. The Kier molecular flexibility index (Phi) is 5.82. The van der Waals surface area contributed by atoms with Crippen molar-refractivity contribution in [3.63, 3.8) is 0 Å². The number of hydrogen-bond acceptors (Lipinski definition) is 3. The highest BCUT2D eigenvalue weighted by atomic mass is 79.9. The number of carbonyl (C=O) groups is 1. The molecule has 1 aromatic carbocycles. The molecule has 4 N–H and O–H groups in total. The first kappa shape index (κ1) is 15.5. The van der Waals surface area contributed by atoms with Gasteiger partial charge in [0, 0.05) is 10.2 Å². The zero-order valence-electron chi connectivity index (χ0n) is 11.0. The predicted octanol–water partition coefficient (Wildman–Crippen LogP) is 2.86. The molecule has 0 saturated heterocycles. The maximum absolute atomic E-state index is 12.1. The fourth-order valence-corrected chi connectivity index (χ4v) is 2.42. The Morgan fingerprint density at radius 3 is 2.74 bits per heavy atom. The van der Waals surface area contributed by atoms with Crippen LogP contribution in [0.2, 0.25) is 0 Å². The van der Waals surface area contributed by atoms with E-state index in [1.54, 1.807) is 6.07 Å². The van der Waals surface area contributed by atoms with Crippen LogP contribution in [0.3, 0.4) is 0 Å². The Bertz CT molecular complexity index is 469. The average molecular weight is 328 g/mol. The van der Waals surface area contributed by atoms with Crippen LogP contribution in [0.15, 0.2) is 27.8 Å². The first-order valence-corrected chi connectivity index (χ1v) is 6.82. The van der Waals surface area contributed by atoms with Gasteiger partial charge in [0.15, 0.2) is 5.84 Å². The maximum atomic E-state index is 12.1. The lowest BCUT2D eigenvalue weighted by Crippen LogP contribution is -2.34. The molecule has 5 nitrogen and oxygen atoms in total. The number of nitrogens with zero attached hydrogens (tertiary/aromatic N) is 1. The fourth-order valence-electron chi connectivity index (χ4n) is 1.81. The summed E-state index contributed by atoms with van der Waals surface area (Å²) in [6, 6.07) is 5.61. The van der Waals surface area contributed by atoms with Crippen LogP contribution in [0.4, 0.5) is 5.69 Å². The van der Waals surface area contributed by atoms with Gasteiger partial charge in [-0.2, -0.15) is 0 Å². The van der Waals surface area contributed by atoms with E-state index in [0.29, 0.717) is 12.1 Å². The van der Waals surface area contributed by atoms with Crippen LogP contribution in [0.5, 0.6) is 0 Å². The van der Waals surface area contributed by atoms with Gasteiger partial charge in [0.1, 0.15) is 0 Å². The Hall–Kier alpha value is -1.56. The number of benzene rings is 1. The van der Waals surface area contributed by atoms with Crippen molar-refractivity contribution in [1.82, 2.24) is 0 Å². The lowest BCUT2D eigenvalue weighted by molar-refractivity contribution is -0.118. The summed E-state index contributed by atoms with van der Waals surface area (Å²) in [5, 5.41) is 14.4. The SMILES string of the molecule is CCCC(C(=O)Nc1cc(C)cc(Br)c1)/C(N)=N/O.